The molecule has 0 fully saturated rings. The maximum atomic E-state index is 12.1. The average Bonchev–Trinajstić information content (AvgIpc) is 2.61. The zero-order valence-corrected chi connectivity index (χ0v) is 15.4. The van der Waals surface area contributed by atoms with Crippen LogP contribution in [-0.2, 0) is 16.1 Å². The van der Waals surface area contributed by atoms with E-state index in [1.165, 1.54) is 6.07 Å². The summed E-state index contributed by atoms with van der Waals surface area (Å²) in [5.41, 5.74) is 1.12. The molecular formula is C18H22N2O4S. The van der Waals surface area contributed by atoms with Gasteiger partial charge in [-0.15, -0.1) is 11.8 Å². The Bertz CT molecular complexity index is 789. The number of nitrogens with one attached hydrogen (secondary N) is 1. The Balaban J connectivity index is 2.02. The number of ether oxygens (including phenoxy) is 2. The lowest BCUT2D eigenvalue weighted by molar-refractivity contribution is -0.118. The fourth-order valence-electron chi connectivity index (χ4n) is 2.30. The minimum Gasteiger partial charge on any atom is -0.478 e. The van der Waals surface area contributed by atoms with E-state index in [9.17, 15) is 9.59 Å². The van der Waals surface area contributed by atoms with Gasteiger partial charge in [0.25, 0.3) is 5.91 Å². The molecule has 1 aromatic heterocycles. The molecule has 0 unspecified atom stereocenters. The number of carbonyl (C=O) groups excluding carboxylic acids is 1. The summed E-state index contributed by atoms with van der Waals surface area (Å²) in [7, 11) is 1.62. The third-order valence-electron chi connectivity index (χ3n) is 3.63. The zero-order chi connectivity index (χ0) is 18.2. The van der Waals surface area contributed by atoms with Crippen molar-refractivity contribution >= 4 is 23.4 Å². The van der Waals surface area contributed by atoms with E-state index in [0.717, 1.165) is 4.90 Å². The second-order valence-electron chi connectivity index (χ2n) is 5.35. The number of methoxy groups -OCH3 is 1. The van der Waals surface area contributed by atoms with Gasteiger partial charge in [-0.1, -0.05) is 6.07 Å². The standard InChI is InChI=1S/C18H22N2O4S/c1-13-18(16(21)7-8-20(13)9-10-23-2)24-12-17(22)19-14-5-4-6-15(11-14)25-3/h4-8,11H,9-10,12H2,1-3H3,(H,19,22). The monoisotopic (exact) mass is 362 g/mol. The van der Waals surface area contributed by atoms with Crippen LogP contribution >= 0.6 is 11.8 Å². The van der Waals surface area contributed by atoms with E-state index < -0.39 is 0 Å². The molecule has 1 heterocycles. The number of aromatic nitrogens is 1. The Morgan fingerprint density at radius 3 is 2.84 bits per heavy atom. The molecule has 0 aliphatic carbocycles. The molecule has 0 saturated heterocycles. The van der Waals surface area contributed by atoms with Crippen LogP contribution in [0.2, 0.25) is 0 Å². The van der Waals surface area contributed by atoms with Crippen molar-refractivity contribution in [3.8, 4) is 5.75 Å². The van der Waals surface area contributed by atoms with Crippen molar-refractivity contribution in [1.29, 1.82) is 0 Å². The van der Waals surface area contributed by atoms with Crippen LogP contribution in [0.3, 0.4) is 0 Å². The minimum atomic E-state index is -0.315. The fourth-order valence-corrected chi connectivity index (χ4v) is 2.76. The lowest BCUT2D eigenvalue weighted by atomic mass is 10.3. The molecular weight excluding hydrogens is 340 g/mol. The molecule has 2 rings (SSSR count). The van der Waals surface area contributed by atoms with Crippen LogP contribution in [0.4, 0.5) is 5.69 Å². The van der Waals surface area contributed by atoms with Gasteiger partial charge in [0.15, 0.2) is 12.4 Å². The van der Waals surface area contributed by atoms with E-state index >= 15 is 0 Å². The third kappa shape index (κ3) is 5.37. The summed E-state index contributed by atoms with van der Waals surface area (Å²) >= 11 is 1.60. The first-order valence-electron chi connectivity index (χ1n) is 7.81. The summed E-state index contributed by atoms with van der Waals surface area (Å²) in [4.78, 5) is 25.2. The number of benzene rings is 1. The molecule has 2 aromatic rings. The van der Waals surface area contributed by atoms with E-state index in [-0.39, 0.29) is 23.7 Å². The van der Waals surface area contributed by atoms with Crippen molar-refractivity contribution in [2.24, 2.45) is 0 Å². The molecule has 6 nitrogen and oxygen atoms in total. The topological polar surface area (TPSA) is 69.6 Å². The molecule has 0 atom stereocenters. The van der Waals surface area contributed by atoms with Crippen molar-refractivity contribution in [3.63, 3.8) is 0 Å². The van der Waals surface area contributed by atoms with Crippen molar-refractivity contribution in [2.45, 2.75) is 18.4 Å². The number of pyridine rings is 1. The smallest absolute Gasteiger partial charge is 0.262 e. The predicted octanol–water partition coefficient (Wildman–Crippen LogP) is 2.54. The van der Waals surface area contributed by atoms with Crippen molar-refractivity contribution in [1.82, 2.24) is 4.57 Å². The molecule has 1 aromatic carbocycles. The lowest BCUT2D eigenvalue weighted by Crippen LogP contribution is -2.24. The SMILES string of the molecule is COCCn1ccc(=O)c(OCC(=O)Nc2cccc(SC)c2)c1C. The van der Waals surface area contributed by atoms with Gasteiger partial charge in [-0.2, -0.15) is 0 Å². The predicted molar refractivity (Wildman–Crippen MR) is 99.7 cm³/mol. The summed E-state index contributed by atoms with van der Waals surface area (Å²) in [5.74, 6) is -0.129. The van der Waals surface area contributed by atoms with E-state index in [1.807, 2.05) is 35.1 Å². The minimum absolute atomic E-state index is 0.187. The maximum absolute atomic E-state index is 12.1. The highest BCUT2D eigenvalue weighted by Crippen LogP contribution is 2.19. The third-order valence-corrected chi connectivity index (χ3v) is 4.35. The normalized spacial score (nSPS) is 10.5. The number of carbonyl (C=O) groups is 1. The molecule has 134 valence electrons. The van der Waals surface area contributed by atoms with Gasteiger partial charge in [-0.05, 0) is 31.4 Å². The lowest BCUT2D eigenvalue weighted by Gasteiger charge is -2.14. The van der Waals surface area contributed by atoms with Crippen molar-refractivity contribution < 1.29 is 14.3 Å². The Kier molecular flexibility index (Phi) is 7.09. The Morgan fingerprint density at radius 1 is 1.32 bits per heavy atom. The highest BCUT2D eigenvalue weighted by molar-refractivity contribution is 7.98. The van der Waals surface area contributed by atoms with Gasteiger partial charge < -0.3 is 19.4 Å². The van der Waals surface area contributed by atoms with E-state index in [1.54, 1.807) is 32.0 Å². The molecule has 0 saturated carbocycles. The van der Waals surface area contributed by atoms with Crippen LogP contribution in [0.25, 0.3) is 0 Å². The van der Waals surface area contributed by atoms with Gasteiger partial charge in [0.1, 0.15) is 0 Å². The first kappa shape index (κ1) is 19.1. The molecule has 0 aliphatic rings. The Hall–Kier alpha value is -2.25. The first-order valence-corrected chi connectivity index (χ1v) is 9.03. The second-order valence-corrected chi connectivity index (χ2v) is 6.23. The largest absolute Gasteiger partial charge is 0.478 e. The number of hydrogen-bond donors (Lipinski definition) is 1. The maximum Gasteiger partial charge on any atom is 0.262 e. The summed E-state index contributed by atoms with van der Waals surface area (Å²) < 4.78 is 12.4. The highest BCUT2D eigenvalue weighted by Gasteiger charge is 2.11. The van der Waals surface area contributed by atoms with Crippen LogP contribution in [0.15, 0.2) is 46.2 Å². The van der Waals surface area contributed by atoms with Gasteiger partial charge in [-0.3, -0.25) is 9.59 Å². The quantitative estimate of drug-likeness (QED) is 0.731. The van der Waals surface area contributed by atoms with Gasteiger partial charge in [0.05, 0.1) is 12.3 Å². The molecule has 1 amide bonds. The summed E-state index contributed by atoms with van der Waals surface area (Å²) in [6.45, 7) is 2.68. The van der Waals surface area contributed by atoms with Crippen LogP contribution in [0.5, 0.6) is 5.75 Å². The number of hydrogen-bond acceptors (Lipinski definition) is 5. The van der Waals surface area contributed by atoms with Crippen molar-refractivity contribution in [3.05, 3.63) is 52.4 Å². The number of nitrogens with zero attached hydrogens (tertiary/aromatic N) is 1. The number of rotatable bonds is 8. The van der Waals surface area contributed by atoms with Gasteiger partial charge in [0.2, 0.25) is 5.43 Å². The van der Waals surface area contributed by atoms with Crippen LogP contribution in [0, 0.1) is 6.92 Å². The molecule has 25 heavy (non-hydrogen) atoms. The molecule has 1 N–H and O–H groups in total. The molecule has 0 aliphatic heterocycles. The number of anilines is 1. The highest BCUT2D eigenvalue weighted by atomic mass is 32.2. The Morgan fingerprint density at radius 2 is 2.12 bits per heavy atom. The van der Waals surface area contributed by atoms with Crippen LogP contribution < -0.4 is 15.5 Å². The first-order chi connectivity index (χ1) is 12.0. The number of amides is 1. The van der Waals surface area contributed by atoms with Gasteiger partial charge in [0, 0.05) is 36.5 Å². The fraction of sp³-hybridized carbons (Fsp3) is 0.333. The summed E-state index contributed by atoms with van der Waals surface area (Å²) in [5, 5.41) is 2.77. The van der Waals surface area contributed by atoms with Gasteiger partial charge >= 0.3 is 0 Å². The van der Waals surface area contributed by atoms with E-state index in [2.05, 4.69) is 5.32 Å². The van der Waals surface area contributed by atoms with E-state index in [0.29, 0.717) is 24.5 Å². The Labute approximate surface area is 151 Å². The van der Waals surface area contributed by atoms with Gasteiger partial charge in [-0.25, -0.2) is 0 Å². The molecule has 0 spiro atoms. The molecule has 0 bridgehead atoms. The molecule has 0 radical (unpaired) electrons. The zero-order valence-electron chi connectivity index (χ0n) is 14.6. The average molecular weight is 362 g/mol. The summed E-state index contributed by atoms with van der Waals surface area (Å²) in [6.07, 6.45) is 3.66. The molecule has 7 heteroatoms. The van der Waals surface area contributed by atoms with Crippen molar-refractivity contribution in [2.75, 3.05) is 31.9 Å². The number of thioether (sulfide) groups is 1. The van der Waals surface area contributed by atoms with Crippen LogP contribution in [-0.4, -0.2) is 37.1 Å². The summed E-state index contributed by atoms with van der Waals surface area (Å²) in [6, 6.07) is 8.96. The van der Waals surface area contributed by atoms with Crippen LogP contribution in [0.1, 0.15) is 5.69 Å². The van der Waals surface area contributed by atoms with E-state index in [4.69, 9.17) is 9.47 Å². The second kappa shape index (κ2) is 9.29.